The number of aromatic amines is 1. The smallest absolute Gasteiger partial charge is 0.314 e. The summed E-state index contributed by atoms with van der Waals surface area (Å²) in [6.45, 7) is 1.33. The van der Waals surface area contributed by atoms with Gasteiger partial charge in [-0.1, -0.05) is 11.6 Å². The lowest BCUT2D eigenvalue weighted by molar-refractivity contribution is -0.151. The van der Waals surface area contributed by atoms with E-state index in [1.54, 1.807) is 11.1 Å². The molecule has 122 valence electrons. The van der Waals surface area contributed by atoms with Gasteiger partial charge in [0.25, 0.3) is 0 Å². The van der Waals surface area contributed by atoms with E-state index in [4.69, 9.17) is 17.3 Å². The van der Waals surface area contributed by atoms with E-state index in [1.165, 1.54) is 0 Å². The van der Waals surface area contributed by atoms with E-state index in [1.807, 2.05) is 12.1 Å². The Morgan fingerprint density at radius 1 is 1.35 bits per heavy atom. The molecule has 1 saturated heterocycles. The molecule has 2 aromatic rings. The van der Waals surface area contributed by atoms with Gasteiger partial charge in [-0.2, -0.15) is 5.10 Å². The average Bonchev–Trinajstić information content (AvgIpc) is 2.93. The number of hydrogen-bond donors (Lipinski definition) is 3. The van der Waals surface area contributed by atoms with Crippen LogP contribution in [0.1, 0.15) is 31.2 Å². The van der Waals surface area contributed by atoms with Gasteiger partial charge in [-0.05, 0) is 43.2 Å². The molecule has 1 spiro atoms. The zero-order chi connectivity index (χ0) is 16.2. The van der Waals surface area contributed by atoms with Crippen LogP contribution < -0.4 is 5.73 Å². The van der Waals surface area contributed by atoms with Gasteiger partial charge in [-0.25, -0.2) is 4.79 Å². The van der Waals surface area contributed by atoms with E-state index < -0.39 is 5.60 Å². The molecule has 1 aliphatic heterocycles. The zero-order valence-electron chi connectivity index (χ0n) is 12.7. The number of aliphatic hydroxyl groups is 1. The largest absolute Gasteiger partial charge is 0.385 e. The lowest BCUT2D eigenvalue weighted by atomic mass is 9.53. The molecule has 23 heavy (non-hydrogen) atoms. The number of primary amides is 1. The number of urea groups is 1. The van der Waals surface area contributed by atoms with E-state index in [9.17, 15) is 9.90 Å². The molecule has 2 heterocycles. The summed E-state index contributed by atoms with van der Waals surface area (Å²) in [7, 11) is 0. The molecule has 2 fully saturated rings. The molecular formula is C16H19ClN4O2. The number of H-pyrrole nitrogens is 1. The highest BCUT2D eigenvalue weighted by molar-refractivity contribution is 6.31. The fourth-order valence-electron chi connectivity index (χ4n) is 4.32. The van der Waals surface area contributed by atoms with Crippen molar-refractivity contribution in [2.75, 3.05) is 13.1 Å². The van der Waals surface area contributed by atoms with Crippen molar-refractivity contribution in [2.24, 2.45) is 11.1 Å². The van der Waals surface area contributed by atoms with Gasteiger partial charge >= 0.3 is 6.03 Å². The number of piperidine rings is 1. The van der Waals surface area contributed by atoms with Gasteiger partial charge in [-0.3, -0.25) is 5.10 Å². The first-order chi connectivity index (χ1) is 10.9. The molecule has 1 aromatic heterocycles. The predicted octanol–water partition coefficient (Wildman–Crippen LogP) is 2.36. The maximum absolute atomic E-state index is 11.2. The predicted molar refractivity (Wildman–Crippen MR) is 87.1 cm³/mol. The molecule has 0 bridgehead atoms. The number of carbonyl (C=O) groups is 1. The minimum absolute atomic E-state index is 0.0926. The van der Waals surface area contributed by atoms with Crippen molar-refractivity contribution in [2.45, 2.75) is 31.3 Å². The molecule has 0 atom stereocenters. The number of fused-ring (bicyclic) bond motifs is 1. The fourth-order valence-corrected chi connectivity index (χ4v) is 4.55. The number of nitrogens with one attached hydrogen (secondary N) is 1. The lowest BCUT2D eigenvalue weighted by Crippen LogP contribution is -2.55. The number of aromatic nitrogens is 2. The number of amides is 2. The van der Waals surface area contributed by atoms with Gasteiger partial charge in [0.2, 0.25) is 0 Å². The Labute approximate surface area is 138 Å². The van der Waals surface area contributed by atoms with Crippen LogP contribution in [-0.2, 0) is 5.60 Å². The summed E-state index contributed by atoms with van der Waals surface area (Å²) < 4.78 is 0. The highest BCUT2D eigenvalue weighted by Gasteiger charge is 2.56. The monoisotopic (exact) mass is 334 g/mol. The van der Waals surface area contributed by atoms with Crippen molar-refractivity contribution in [1.82, 2.24) is 15.1 Å². The molecule has 1 saturated carbocycles. The molecule has 6 nitrogen and oxygen atoms in total. The number of benzene rings is 1. The third-order valence-electron chi connectivity index (χ3n) is 5.49. The molecule has 1 aromatic carbocycles. The number of nitrogens with zero attached hydrogens (tertiary/aromatic N) is 2. The second-order valence-corrected chi connectivity index (χ2v) is 7.43. The number of nitrogens with two attached hydrogens (primary N) is 1. The van der Waals surface area contributed by atoms with Gasteiger partial charge in [0, 0.05) is 29.1 Å². The van der Waals surface area contributed by atoms with Gasteiger partial charge < -0.3 is 15.7 Å². The average molecular weight is 335 g/mol. The summed E-state index contributed by atoms with van der Waals surface area (Å²) in [5, 5.41) is 19.6. The van der Waals surface area contributed by atoms with Crippen LogP contribution in [0.2, 0.25) is 5.02 Å². The number of carbonyl (C=O) groups excluding carboxylic acids is 1. The third kappa shape index (κ3) is 2.28. The minimum Gasteiger partial charge on any atom is -0.385 e. The van der Waals surface area contributed by atoms with Crippen LogP contribution in [-0.4, -0.2) is 39.3 Å². The molecule has 2 amide bonds. The number of hydrogen-bond acceptors (Lipinski definition) is 3. The number of likely N-dealkylation sites (tertiary alicyclic amines) is 1. The second-order valence-electron chi connectivity index (χ2n) is 7.00. The van der Waals surface area contributed by atoms with Crippen LogP contribution in [0.4, 0.5) is 4.79 Å². The maximum atomic E-state index is 11.2. The van der Waals surface area contributed by atoms with E-state index in [2.05, 4.69) is 10.2 Å². The summed E-state index contributed by atoms with van der Waals surface area (Å²) >= 11 is 6.19. The Balaban J connectivity index is 1.58. The summed E-state index contributed by atoms with van der Waals surface area (Å²) in [5.41, 5.74) is 6.22. The van der Waals surface area contributed by atoms with Gasteiger partial charge in [0.05, 0.1) is 17.3 Å². The Morgan fingerprint density at radius 2 is 2.04 bits per heavy atom. The first-order valence-corrected chi connectivity index (χ1v) is 8.19. The normalized spacial score (nSPS) is 22.3. The van der Waals surface area contributed by atoms with E-state index in [0.29, 0.717) is 31.0 Å². The Kier molecular flexibility index (Phi) is 3.12. The summed E-state index contributed by atoms with van der Waals surface area (Å²) in [6.07, 6.45) is 4.84. The second kappa shape index (κ2) is 4.85. The van der Waals surface area contributed by atoms with Crippen molar-refractivity contribution >= 4 is 28.5 Å². The molecule has 2 aliphatic rings. The first-order valence-electron chi connectivity index (χ1n) is 7.81. The van der Waals surface area contributed by atoms with Crippen LogP contribution in [0.15, 0.2) is 18.3 Å². The zero-order valence-corrected chi connectivity index (χ0v) is 13.4. The molecule has 1 aliphatic carbocycles. The van der Waals surface area contributed by atoms with Crippen molar-refractivity contribution in [3.8, 4) is 0 Å². The van der Waals surface area contributed by atoms with Gasteiger partial charge in [0.15, 0.2) is 0 Å². The minimum atomic E-state index is -0.884. The van der Waals surface area contributed by atoms with Gasteiger partial charge in [-0.15, -0.1) is 0 Å². The van der Waals surface area contributed by atoms with Crippen molar-refractivity contribution < 1.29 is 9.90 Å². The summed E-state index contributed by atoms with van der Waals surface area (Å²) in [6, 6.07) is 3.31. The SMILES string of the molecule is NC(=O)N1CCC2(CC1)CC(O)(c1cc(Cl)cc3cn[nH]c13)C2. The van der Waals surface area contributed by atoms with E-state index in [-0.39, 0.29) is 11.4 Å². The van der Waals surface area contributed by atoms with Crippen LogP contribution in [0.5, 0.6) is 0 Å². The first kappa shape index (κ1) is 14.8. The van der Waals surface area contributed by atoms with E-state index >= 15 is 0 Å². The third-order valence-corrected chi connectivity index (χ3v) is 5.70. The molecule has 7 heteroatoms. The highest BCUT2D eigenvalue weighted by atomic mass is 35.5. The van der Waals surface area contributed by atoms with Crippen LogP contribution in [0.25, 0.3) is 10.9 Å². The Morgan fingerprint density at radius 3 is 2.70 bits per heavy atom. The van der Waals surface area contributed by atoms with Gasteiger partial charge in [0.1, 0.15) is 0 Å². The van der Waals surface area contributed by atoms with Crippen LogP contribution >= 0.6 is 11.6 Å². The van der Waals surface area contributed by atoms with Crippen molar-refractivity contribution in [3.63, 3.8) is 0 Å². The molecule has 4 rings (SSSR count). The summed E-state index contributed by atoms with van der Waals surface area (Å²) in [4.78, 5) is 12.9. The fraction of sp³-hybridized carbons (Fsp3) is 0.500. The quantitative estimate of drug-likeness (QED) is 0.747. The molecular weight excluding hydrogens is 316 g/mol. The lowest BCUT2D eigenvalue weighted by Gasteiger charge is -2.56. The number of halogens is 1. The van der Waals surface area contributed by atoms with Crippen molar-refractivity contribution in [3.05, 3.63) is 28.9 Å². The molecule has 4 N–H and O–H groups in total. The molecule has 0 radical (unpaired) electrons. The van der Waals surface area contributed by atoms with Crippen LogP contribution in [0, 0.1) is 5.41 Å². The van der Waals surface area contributed by atoms with Crippen LogP contribution in [0.3, 0.4) is 0 Å². The van der Waals surface area contributed by atoms with Crippen molar-refractivity contribution in [1.29, 1.82) is 0 Å². The Hall–Kier alpha value is -1.79. The number of rotatable bonds is 1. The topological polar surface area (TPSA) is 95.2 Å². The maximum Gasteiger partial charge on any atom is 0.314 e. The molecule has 0 unspecified atom stereocenters. The standard InChI is InChI=1S/C16H19ClN4O2/c17-11-5-10-7-19-20-13(10)12(6-11)16(23)8-15(9-16)1-3-21(4-2-15)14(18)22/h5-7,23H,1-4,8-9H2,(H2,18,22)(H,19,20). The highest BCUT2D eigenvalue weighted by Crippen LogP contribution is 2.59. The summed E-state index contributed by atoms with van der Waals surface area (Å²) in [5.74, 6) is 0. The van der Waals surface area contributed by atoms with E-state index in [0.717, 1.165) is 29.3 Å². The Bertz CT molecular complexity index is 771.